The molecule has 0 amide bonds. The summed E-state index contributed by atoms with van der Waals surface area (Å²) in [6, 6.07) is 0. The van der Waals surface area contributed by atoms with Crippen molar-refractivity contribution < 1.29 is 19.4 Å². The Kier molecular flexibility index (Phi) is 6.28. The van der Waals surface area contributed by atoms with Crippen molar-refractivity contribution in [2.45, 2.75) is 52.2 Å². The van der Waals surface area contributed by atoms with Gasteiger partial charge in [-0.2, -0.15) is 0 Å². The third-order valence-corrected chi connectivity index (χ3v) is 1.91. The van der Waals surface area contributed by atoms with E-state index < -0.39 is 11.9 Å². The zero-order valence-corrected chi connectivity index (χ0v) is 9.21. The van der Waals surface area contributed by atoms with Gasteiger partial charge in [0.15, 0.2) is 0 Å². The van der Waals surface area contributed by atoms with Gasteiger partial charge < -0.3 is 14.6 Å². The Morgan fingerprint density at radius 1 is 1.36 bits per heavy atom. The molecule has 0 aliphatic carbocycles. The minimum Gasteiger partial charge on any atom is -0.450 e. The molecule has 4 heteroatoms. The van der Waals surface area contributed by atoms with Gasteiger partial charge in [0.25, 0.3) is 0 Å². The summed E-state index contributed by atoms with van der Waals surface area (Å²) in [6.45, 7) is 6.23. The van der Waals surface area contributed by atoms with Crippen molar-refractivity contribution in [3.8, 4) is 0 Å². The molecule has 0 saturated carbocycles. The van der Waals surface area contributed by atoms with Gasteiger partial charge in [0.05, 0.1) is 6.61 Å². The lowest BCUT2D eigenvalue weighted by Crippen LogP contribution is -2.34. The van der Waals surface area contributed by atoms with Crippen LogP contribution in [0.4, 0.5) is 4.79 Å². The maximum atomic E-state index is 10.4. The van der Waals surface area contributed by atoms with E-state index in [2.05, 4.69) is 6.92 Å². The average molecular weight is 204 g/mol. The Balaban J connectivity index is 4.02. The highest BCUT2D eigenvalue weighted by Gasteiger charge is 2.28. The Morgan fingerprint density at radius 2 is 2.00 bits per heavy atom. The zero-order chi connectivity index (χ0) is 11.0. The number of unbranched alkanes of at least 4 members (excludes halogenated alkanes) is 1. The van der Waals surface area contributed by atoms with Crippen LogP contribution in [0, 0.1) is 0 Å². The maximum absolute atomic E-state index is 10.4. The normalized spacial score (nSPS) is 14.8. The molecule has 1 atom stereocenters. The highest BCUT2D eigenvalue weighted by Crippen LogP contribution is 2.20. The molecule has 1 unspecified atom stereocenters. The SMILES string of the molecule is CCCCOC(C)(CCC)OC(=O)O. The van der Waals surface area contributed by atoms with Gasteiger partial charge in [-0.25, -0.2) is 4.79 Å². The van der Waals surface area contributed by atoms with Crippen molar-refractivity contribution >= 4 is 6.16 Å². The monoisotopic (exact) mass is 204 g/mol. The molecule has 0 fully saturated rings. The van der Waals surface area contributed by atoms with Crippen molar-refractivity contribution in [3.63, 3.8) is 0 Å². The topological polar surface area (TPSA) is 55.8 Å². The lowest BCUT2D eigenvalue weighted by Gasteiger charge is -2.27. The fraction of sp³-hybridized carbons (Fsp3) is 0.900. The molecule has 0 rings (SSSR count). The van der Waals surface area contributed by atoms with Gasteiger partial charge in [0, 0.05) is 13.3 Å². The van der Waals surface area contributed by atoms with E-state index >= 15 is 0 Å². The van der Waals surface area contributed by atoms with E-state index in [9.17, 15) is 4.79 Å². The fourth-order valence-electron chi connectivity index (χ4n) is 1.22. The molecule has 0 radical (unpaired) electrons. The second kappa shape index (κ2) is 6.65. The second-order valence-corrected chi connectivity index (χ2v) is 3.45. The number of ether oxygens (including phenoxy) is 2. The molecule has 0 heterocycles. The van der Waals surface area contributed by atoms with E-state index in [-0.39, 0.29) is 0 Å². The molecule has 0 spiro atoms. The van der Waals surface area contributed by atoms with Crippen molar-refractivity contribution in [1.82, 2.24) is 0 Å². The van der Waals surface area contributed by atoms with E-state index in [1.807, 2.05) is 6.92 Å². The second-order valence-electron chi connectivity index (χ2n) is 3.45. The first-order chi connectivity index (χ1) is 6.54. The summed E-state index contributed by atoms with van der Waals surface area (Å²) in [6.07, 6.45) is 2.08. The van der Waals surface area contributed by atoms with Crippen molar-refractivity contribution in [2.75, 3.05) is 6.61 Å². The van der Waals surface area contributed by atoms with Crippen LogP contribution in [0.5, 0.6) is 0 Å². The van der Waals surface area contributed by atoms with E-state index in [0.29, 0.717) is 13.0 Å². The third kappa shape index (κ3) is 5.80. The molecule has 0 aliphatic heterocycles. The molecule has 14 heavy (non-hydrogen) atoms. The first kappa shape index (κ1) is 13.2. The highest BCUT2D eigenvalue weighted by atomic mass is 16.8. The quantitative estimate of drug-likeness (QED) is 0.393. The summed E-state index contributed by atoms with van der Waals surface area (Å²) >= 11 is 0. The number of carbonyl (C=O) groups is 1. The van der Waals surface area contributed by atoms with Crippen LogP contribution in [-0.4, -0.2) is 23.7 Å². The van der Waals surface area contributed by atoms with Crippen LogP contribution in [-0.2, 0) is 9.47 Å². The van der Waals surface area contributed by atoms with Crippen LogP contribution in [0.3, 0.4) is 0 Å². The summed E-state index contributed by atoms with van der Waals surface area (Å²) in [4.78, 5) is 10.4. The number of hydrogen-bond acceptors (Lipinski definition) is 3. The Bertz CT molecular complexity index is 170. The van der Waals surface area contributed by atoms with Gasteiger partial charge in [-0.1, -0.05) is 20.3 Å². The predicted octanol–water partition coefficient (Wildman–Crippen LogP) is 3.01. The Morgan fingerprint density at radius 3 is 2.43 bits per heavy atom. The molecule has 0 aromatic carbocycles. The van der Waals surface area contributed by atoms with Gasteiger partial charge in [0.1, 0.15) is 0 Å². The molecule has 0 saturated heterocycles. The van der Waals surface area contributed by atoms with E-state index in [0.717, 1.165) is 19.3 Å². The molecule has 0 aliphatic rings. The first-order valence-corrected chi connectivity index (χ1v) is 5.10. The lowest BCUT2D eigenvalue weighted by molar-refractivity contribution is -0.202. The predicted molar refractivity (Wildman–Crippen MR) is 53.3 cm³/mol. The van der Waals surface area contributed by atoms with Gasteiger partial charge in [-0.3, -0.25) is 0 Å². The number of carboxylic acid groups (broad SMARTS) is 1. The molecule has 0 aromatic rings. The van der Waals surface area contributed by atoms with Gasteiger partial charge in [-0.15, -0.1) is 0 Å². The van der Waals surface area contributed by atoms with Crippen molar-refractivity contribution in [2.24, 2.45) is 0 Å². The first-order valence-electron chi connectivity index (χ1n) is 5.10. The number of rotatable bonds is 7. The van der Waals surface area contributed by atoms with Crippen molar-refractivity contribution in [1.29, 1.82) is 0 Å². The summed E-state index contributed by atoms with van der Waals surface area (Å²) in [5, 5.41) is 8.53. The summed E-state index contributed by atoms with van der Waals surface area (Å²) < 4.78 is 10.1. The molecule has 1 N–H and O–H groups in total. The molecule has 4 nitrogen and oxygen atoms in total. The summed E-state index contributed by atoms with van der Waals surface area (Å²) in [7, 11) is 0. The molecular weight excluding hydrogens is 184 g/mol. The van der Waals surface area contributed by atoms with Crippen LogP contribution in [0.25, 0.3) is 0 Å². The van der Waals surface area contributed by atoms with E-state index in [1.165, 1.54) is 0 Å². The van der Waals surface area contributed by atoms with Gasteiger partial charge in [-0.05, 0) is 12.8 Å². The highest BCUT2D eigenvalue weighted by molar-refractivity contribution is 5.57. The molecular formula is C10H20O4. The Hall–Kier alpha value is -0.770. The van der Waals surface area contributed by atoms with Gasteiger partial charge >= 0.3 is 6.16 Å². The van der Waals surface area contributed by atoms with Crippen LogP contribution in [0.1, 0.15) is 46.5 Å². The minimum atomic E-state index is -1.28. The standard InChI is InChI=1S/C10H20O4/c1-4-6-8-13-10(3,7-5-2)14-9(11)12/h4-8H2,1-3H3,(H,11,12). The van der Waals surface area contributed by atoms with Crippen LogP contribution < -0.4 is 0 Å². The zero-order valence-electron chi connectivity index (χ0n) is 9.21. The summed E-state index contributed by atoms with van der Waals surface area (Å²) in [5.41, 5.74) is 0. The molecule has 0 bridgehead atoms. The number of hydrogen-bond donors (Lipinski definition) is 1. The van der Waals surface area contributed by atoms with Gasteiger partial charge in [0.2, 0.25) is 5.79 Å². The van der Waals surface area contributed by atoms with Crippen LogP contribution >= 0.6 is 0 Å². The van der Waals surface area contributed by atoms with Crippen molar-refractivity contribution in [3.05, 3.63) is 0 Å². The minimum absolute atomic E-state index is 0.542. The summed E-state index contributed by atoms with van der Waals surface area (Å²) in [5.74, 6) is -0.976. The van der Waals surface area contributed by atoms with E-state index in [1.54, 1.807) is 6.92 Å². The van der Waals surface area contributed by atoms with Crippen LogP contribution in [0.15, 0.2) is 0 Å². The van der Waals surface area contributed by atoms with Crippen LogP contribution in [0.2, 0.25) is 0 Å². The van der Waals surface area contributed by atoms with E-state index in [4.69, 9.17) is 14.6 Å². The maximum Gasteiger partial charge on any atom is 0.508 e. The Labute approximate surface area is 85.2 Å². The molecule has 84 valence electrons. The largest absolute Gasteiger partial charge is 0.508 e. The smallest absolute Gasteiger partial charge is 0.450 e. The molecule has 0 aromatic heterocycles. The fourth-order valence-corrected chi connectivity index (χ4v) is 1.22. The average Bonchev–Trinajstić information content (AvgIpc) is 2.03. The lowest BCUT2D eigenvalue weighted by atomic mass is 10.2. The third-order valence-electron chi connectivity index (χ3n) is 1.91.